The van der Waals surface area contributed by atoms with Gasteiger partial charge in [0, 0.05) is 12.6 Å². The van der Waals surface area contributed by atoms with Crippen LogP contribution in [0.4, 0.5) is 0 Å². The first kappa shape index (κ1) is 12.9. The lowest BCUT2D eigenvalue weighted by Gasteiger charge is -2.10. The number of ether oxygens (including phenoxy) is 1. The molecule has 3 N–H and O–H groups in total. The summed E-state index contributed by atoms with van der Waals surface area (Å²) in [6.45, 7) is 7.22. The summed E-state index contributed by atoms with van der Waals surface area (Å²) in [6, 6.07) is 0.0235. The second kappa shape index (κ2) is 6.45. The average Bonchev–Trinajstić information content (AvgIpc) is 2.63. The number of hydrogen-bond donors (Lipinski definition) is 2. The van der Waals surface area contributed by atoms with Crippen LogP contribution in [0.25, 0.3) is 0 Å². The molecule has 0 aliphatic heterocycles. The third-order valence-electron chi connectivity index (χ3n) is 2.35. The normalized spacial score (nSPS) is 23.4. The summed E-state index contributed by atoms with van der Waals surface area (Å²) < 4.78 is 5.27. The fourth-order valence-electron chi connectivity index (χ4n) is 1.55. The summed E-state index contributed by atoms with van der Waals surface area (Å²) in [5, 5.41) is 2.82. The van der Waals surface area contributed by atoms with Gasteiger partial charge in [-0.3, -0.25) is 4.79 Å². The molecule has 0 saturated heterocycles. The number of rotatable bonds is 6. The van der Waals surface area contributed by atoms with Crippen LogP contribution in [-0.2, 0) is 9.53 Å². The number of nitrogens with two attached hydrogens (primary N) is 1. The lowest BCUT2D eigenvalue weighted by Crippen LogP contribution is -2.33. The standard InChI is InChI=1S/C12H20N2O2/c1-9(2)8-16-6-5-14-12(15)10-3-4-11(13)7-10/h3-4,10-11H,1,5-8,13H2,2H3,(H,14,15). The Morgan fingerprint density at radius 1 is 1.62 bits per heavy atom. The highest BCUT2D eigenvalue weighted by molar-refractivity contribution is 5.81. The van der Waals surface area contributed by atoms with Crippen molar-refractivity contribution in [2.45, 2.75) is 19.4 Å². The van der Waals surface area contributed by atoms with Crippen molar-refractivity contribution in [2.75, 3.05) is 19.8 Å². The number of carbonyl (C=O) groups is 1. The average molecular weight is 224 g/mol. The topological polar surface area (TPSA) is 64.3 Å². The first-order chi connectivity index (χ1) is 7.59. The Labute approximate surface area is 96.5 Å². The molecule has 0 saturated carbocycles. The van der Waals surface area contributed by atoms with E-state index in [1.807, 2.05) is 19.1 Å². The molecule has 1 aliphatic rings. The zero-order valence-corrected chi connectivity index (χ0v) is 9.74. The first-order valence-electron chi connectivity index (χ1n) is 5.53. The summed E-state index contributed by atoms with van der Waals surface area (Å²) in [5.41, 5.74) is 6.65. The van der Waals surface area contributed by atoms with E-state index < -0.39 is 0 Å². The Morgan fingerprint density at radius 2 is 2.38 bits per heavy atom. The third-order valence-corrected chi connectivity index (χ3v) is 2.35. The van der Waals surface area contributed by atoms with Crippen LogP contribution in [0.2, 0.25) is 0 Å². The molecule has 0 fully saturated rings. The molecule has 0 aromatic rings. The second-order valence-corrected chi connectivity index (χ2v) is 4.19. The zero-order chi connectivity index (χ0) is 12.0. The summed E-state index contributed by atoms with van der Waals surface area (Å²) in [7, 11) is 0. The molecule has 0 radical (unpaired) electrons. The molecule has 1 rings (SSSR count). The molecule has 0 heterocycles. The largest absolute Gasteiger partial charge is 0.375 e. The Kier molecular flexibility index (Phi) is 5.22. The fourth-order valence-corrected chi connectivity index (χ4v) is 1.55. The summed E-state index contributed by atoms with van der Waals surface area (Å²) >= 11 is 0. The van der Waals surface area contributed by atoms with Gasteiger partial charge in [0.25, 0.3) is 0 Å². The van der Waals surface area contributed by atoms with Gasteiger partial charge in [-0.2, -0.15) is 0 Å². The highest BCUT2D eigenvalue weighted by atomic mass is 16.5. The Balaban J connectivity index is 2.07. The summed E-state index contributed by atoms with van der Waals surface area (Å²) in [5.74, 6) is -0.0423. The Hall–Kier alpha value is -1.13. The van der Waals surface area contributed by atoms with Crippen molar-refractivity contribution in [3.05, 3.63) is 24.3 Å². The van der Waals surface area contributed by atoms with Crippen molar-refractivity contribution in [3.8, 4) is 0 Å². The summed E-state index contributed by atoms with van der Waals surface area (Å²) in [4.78, 5) is 11.6. The van der Waals surface area contributed by atoms with Crippen molar-refractivity contribution in [1.82, 2.24) is 5.32 Å². The van der Waals surface area contributed by atoms with E-state index in [4.69, 9.17) is 10.5 Å². The van der Waals surface area contributed by atoms with Gasteiger partial charge in [0.2, 0.25) is 5.91 Å². The molecule has 0 bridgehead atoms. The molecule has 1 amide bonds. The third kappa shape index (κ3) is 4.59. The van der Waals surface area contributed by atoms with Gasteiger partial charge < -0.3 is 15.8 Å². The predicted octanol–water partition coefficient (Wildman–Crippen LogP) is 0.599. The van der Waals surface area contributed by atoms with Crippen molar-refractivity contribution in [2.24, 2.45) is 11.7 Å². The lowest BCUT2D eigenvalue weighted by atomic mass is 10.1. The minimum Gasteiger partial charge on any atom is -0.375 e. The smallest absolute Gasteiger partial charge is 0.227 e. The fraction of sp³-hybridized carbons (Fsp3) is 0.583. The lowest BCUT2D eigenvalue weighted by molar-refractivity contribution is -0.123. The van der Waals surface area contributed by atoms with E-state index in [2.05, 4.69) is 11.9 Å². The maximum Gasteiger partial charge on any atom is 0.227 e. The van der Waals surface area contributed by atoms with E-state index in [1.165, 1.54) is 0 Å². The predicted molar refractivity (Wildman–Crippen MR) is 63.9 cm³/mol. The van der Waals surface area contributed by atoms with E-state index in [0.717, 1.165) is 5.57 Å². The monoisotopic (exact) mass is 224 g/mol. The molecule has 0 aromatic carbocycles. The molecule has 0 spiro atoms. The molecular weight excluding hydrogens is 204 g/mol. The van der Waals surface area contributed by atoms with Gasteiger partial charge >= 0.3 is 0 Å². The van der Waals surface area contributed by atoms with Crippen molar-refractivity contribution < 1.29 is 9.53 Å². The van der Waals surface area contributed by atoms with Crippen LogP contribution < -0.4 is 11.1 Å². The number of hydrogen-bond acceptors (Lipinski definition) is 3. The van der Waals surface area contributed by atoms with Gasteiger partial charge in [-0.05, 0) is 13.3 Å². The Bertz CT molecular complexity index is 287. The molecule has 4 heteroatoms. The quantitative estimate of drug-likeness (QED) is 0.513. The molecule has 0 aromatic heterocycles. The maximum atomic E-state index is 11.6. The van der Waals surface area contributed by atoms with Crippen molar-refractivity contribution >= 4 is 5.91 Å². The van der Waals surface area contributed by atoms with E-state index in [-0.39, 0.29) is 17.9 Å². The van der Waals surface area contributed by atoms with Crippen LogP contribution in [0, 0.1) is 5.92 Å². The number of nitrogens with one attached hydrogen (secondary N) is 1. The van der Waals surface area contributed by atoms with Crippen LogP contribution in [0.5, 0.6) is 0 Å². The minimum atomic E-state index is -0.0730. The van der Waals surface area contributed by atoms with E-state index in [1.54, 1.807) is 0 Å². The van der Waals surface area contributed by atoms with Crippen LogP contribution >= 0.6 is 0 Å². The van der Waals surface area contributed by atoms with Crippen molar-refractivity contribution in [3.63, 3.8) is 0 Å². The van der Waals surface area contributed by atoms with Gasteiger partial charge in [0.15, 0.2) is 0 Å². The SMILES string of the molecule is C=C(C)COCCNC(=O)C1C=CC(N)C1. The van der Waals surface area contributed by atoms with Gasteiger partial charge in [-0.15, -0.1) is 0 Å². The summed E-state index contributed by atoms with van der Waals surface area (Å²) in [6.07, 6.45) is 4.45. The van der Waals surface area contributed by atoms with Crippen molar-refractivity contribution in [1.29, 1.82) is 0 Å². The van der Waals surface area contributed by atoms with Crippen LogP contribution in [0.15, 0.2) is 24.3 Å². The van der Waals surface area contributed by atoms with Crippen LogP contribution in [0.3, 0.4) is 0 Å². The van der Waals surface area contributed by atoms with Crippen LogP contribution in [0.1, 0.15) is 13.3 Å². The molecule has 16 heavy (non-hydrogen) atoms. The minimum absolute atomic E-state index is 0.0235. The molecule has 2 atom stereocenters. The van der Waals surface area contributed by atoms with Crippen LogP contribution in [-0.4, -0.2) is 31.7 Å². The first-order valence-corrected chi connectivity index (χ1v) is 5.53. The van der Waals surface area contributed by atoms with E-state index >= 15 is 0 Å². The highest BCUT2D eigenvalue weighted by Gasteiger charge is 2.21. The molecular formula is C12H20N2O2. The second-order valence-electron chi connectivity index (χ2n) is 4.19. The number of carbonyl (C=O) groups excluding carboxylic acids is 1. The van der Waals surface area contributed by atoms with E-state index in [9.17, 15) is 4.79 Å². The van der Waals surface area contributed by atoms with Gasteiger partial charge in [-0.1, -0.05) is 24.3 Å². The zero-order valence-electron chi connectivity index (χ0n) is 9.74. The van der Waals surface area contributed by atoms with Gasteiger partial charge in [0.1, 0.15) is 0 Å². The highest BCUT2D eigenvalue weighted by Crippen LogP contribution is 2.15. The molecule has 1 aliphatic carbocycles. The molecule has 90 valence electrons. The number of amides is 1. The maximum absolute atomic E-state index is 11.6. The van der Waals surface area contributed by atoms with E-state index in [0.29, 0.717) is 26.2 Å². The van der Waals surface area contributed by atoms with Gasteiger partial charge in [-0.25, -0.2) is 0 Å². The Morgan fingerprint density at radius 3 is 2.94 bits per heavy atom. The van der Waals surface area contributed by atoms with Gasteiger partial charge in [0.05, 0.1) is 19.1 Å². The molecule has 4 nitrogen and oxygen atoms in total. The molecule has 2 unspecified atom stereocenters.